The second-order valence-corrected chi connectivity index (χ2v) is 6.09. The summed E-state index contributed by atoms with van der Waals surface area (Å²) in [6.45, 7) is 5.27. The molecule has 2 rings (SSSR count). The molecule has 3 N–H and O–H groups in total. The van der Waals surface area contributed by atoms with Gasteiger partial charge in [0.2, 0.25) is 0 Å². The largest absolute Gasteiger partial charge is 0.386 e. The number of nitrogens with one attached hydrogen (secondary N) is 2. The Morgan fingerprint density at radius 3 is 2.50 bits per heavy atom. The third-order valence-corrected chi connectivity index (χ3v) is 3.95. The number of aromatic nitrogens is 1. The molecule has 1 aromatic carbocycles. The van der Waals surface area contributed by atoms with Gasteiger partial charge in [-0.25, -0.2) is 0 Å². The number of pyridine rings is 1. The maximum absolute atomic E-state index is 10.2. The Morgan fingerprint density at radius 2 is 1.85 bits per heavy atom. The number of aryl methyl sites for hydroxylation is 1. The highest BCUT2D eigenvalue weighted by molar-refractivity contribution is 14.0. The van der Waals surface area contributed by atoms with Crippen molar-refractivity contribution in [2.24, 2.45) is 4.99 Å². The lowest BCUT2D eigenvalue weighted by molar-refractivity contribution is 0.187. The van der Waals surface area contributed by atoms with E-state index in [1.807, 2.05) is 25.1 Å². The number of hydrogen-bond acceptors (Lipinski definition) is 3. The van der Waals surface area contributed by atoms with Crippen molar-refractivity contribution in [1.82, 2.24) is 15.6 Å². The average molecular weight is 468 g/mol. The summed E-state index contributed by atoms with van der Waals surface area (Å²) < 4.78 is 0. The number of hydrogen-bond donors (Lipinski definition) is 3. The Hall–Kier alpha value is -1.67. The minimum Gasteiger partial charge on any atom is -0.386 e. The normalized spacial score (nSPS) is 13.4. The van der Waals surface area contributed by atoms with E-state index in [1.54, 1.807) is 12.4 Å². The van der Waals surface area contributed by atoms with Crippen molar-refractivity contribution in [2.45, 2.75) is 38.8 Å². The zero-order valence-electron chi connectivity index (χ0n) is 15.4. The van der Waals surface area contributed by atoms with Crippen LogP contribution in [-0.2, 0) is 6.42 Å². The van der Waals surface area contributed by atoms with E-state index in [-0.39, 0.29) is 30.0 Å². The quantitative estimate of drug-likeness (QED) is 0.316. The lowest BCUT2D eigenvalue weighted by Crippen LogP contribution is -2.42. The molecule has 0 aliphatic rings. The molecular weight excluding hydrogens is 439 g/mol. The molecule has 0 spiro atoms. The smallest absolute Gasteiger partial charge is 0.191 e. The Balaban J connectivity index is 0.00000338. The lowest BCUT2D eigenvalue weighted by atomic mass is 10.1. The van der Waals surface area contributed by atoms with Crippen LogP contribution in [0.5, 0.6) is 0 Å². The van der Waals surface area contributed by atoms with Gasteiger partial charge >= 0.3 is 0 Å². The van der Waals surface area contributed by atoms with Gasteiger partial charge in [-0.1, -0.05) is 30.3 Å². The van der Waals surface area contributed by atoms with Gasteiger partial charge in [0.15, 0.2) is 5.96 Å². The van der Waals surface area contributed by atoms with E-state index < -0.39 is 6.10 Å². The van der Waals surface area contributed by atoms with Crippen molar-refractivity contribution in [3.05, 3.63) is 66.0 Å². The average Bonchev–Trinajstić information content (AvgIpc) is 2.66. The van der Waals surface area contributed by atoms with Crippen LogP contribution in [0.1, 0.15) is 37.5 Å². The van der Waals surface area contributed by atoms with Crippen molar-refractivity contribution in [3.63, 3.8) is 0 Å². The van der Waals surface area contributed by atoms with Crippen LogP contribution in [0.3, 0.4) is 0 Å². The maximum atomic E-state index is 10.2. The van der Waals surface area contributed by atoms with Gasteiger partial charge in [-0.2, -0.15) is 0 Å². The summed E-state index contributed by atoms with van der Waals surface area (Å²) in [5.41, 5.74) is 2.16. The second kappa shape index (κ2) is 12.6. The Bertz CT molecular complexity index is 637. The van der Waals surface area contributed by atoms with Crippen molar-refractivity contribution >= 4 is 29.9 Å². The molecule has 2 aromatic rings. The van der Waals surface area contributed by atoms with Gasteiger partial charge < -0.3 is 15.7 Å². The molecular formula is C20H29IN4O. The Kier molecular flexibility index (Phi) is 10.9. The molecule has 0 bridgehead atoms. The molecule has 5 nitrogen and oxygen atoms in total. The number of nitrogens with zero attached hydrogens (tertiary/aromatic N) is 2. The predicted octanol–water partition coefficient (Wildman–Crippen LogP) is 3.31. The Labute approximate surface area is 173 Å². The fourth-order valence-corrected chi connectivity index (χ4v) is 2.52. The SMILES string of the molecule is CCNC(=NCC(O)c1ccncc1)NC(C)CCc1ccccc1.I. The first-order valence-electron chi connectivity index (χ1n) is 8.85. The number of guanidine groups is 1. The molecule has 2 atom stereocenters. The summed E-state index contributed by atoms with van der Waals surface area (Å²) in [5.74, 6) is 0.733. The molecule has 0 radical (unpaired) electrons. The number of aliphatic imine (C=N–C) groups is 1. The van der Waals surface area contributed by atoms with Crippen LogP contribution in [0.25, 0.3) is 0 Å². The van der Waals surface area contributed by atoms with Crippen LogP contribution in [0.4, 0.5) is 0 Å². The van der Waals surface area contributed by atoms with Gasteiger partial charge in [-0.05, 0) is 49.9 Å². The number of aliphatic hydroxyl groups excluding tert-OH is 1. The number of rotatable bonds is 8. The van der Waals surface area contributed by atoms with E-state index in [1.165, 1.54) is 5.56 Å². The summed E-state index contributed by atoms with van der Waals surface area (Å²) >= 11 is 0. The fourth-order valence-electron chi connectivity index (χ4n) is 2.52. The number of halogens is 1. The summed E-state index contributed by atoms with van der Waals surface area (Å²) in [6, 6.07) is 14.4. The molecule has 6 heteroatoms. The zero-order valence-corrected chi connectivity index (χ0v) is 17.8. The third kappa shape index (κ3) is 8.14. The highest BCUT2D eigenvalue weighted by Gasteiger charge is 2.09. The molecule has 0 aliphatic carbocycles. The van der Waals surface area contributed by atoms with Crippen LogP contribution >= 0.6 is 24.0 Å². The van der Waals surface area contributed by atoms with Crippen molar-refractivity contribution in [2.75, 3.05) is 13.1 Å². The highest BCUT2D eigenvalue weighted by atomic mass is 127. The van der Waals surface area contributed by atoms with E-state index >= 15 is 0 Å². The zero-order chi connectivity index (χ0) is 17.9. The van der Waals surface area contributed by atoms with Crippen LogP contribution < -0.4 is 10.6 Å². The number of benzene rings is 1. The molecule has 1 heterocycles. The lowest BCUT2D eigenvalue weighted by Gasteiger charge is -2.18. The monoisotopic (exact) mass is 468 g/mol. The standard InChI is InChI=1S/C20H28N4O.HI/c1-3-22-20(23-15-19(25)18-11-13-21-14-12-18)24-16(2)9-10-17-7-5-4-6-8-17;/h4-8,11-14,16,19,25H,3,9-10,15H2,1-2H3,(H2,22,23,24);1H. The molecule has 1 aromatic heterocycles. The topological polar surface area (TPSA) is 69.5 Å². The van der Waals surface area contributed by atoms with E-state index in [2.05, 4.69) is 51.8 Å². The predicted molar refractivity (Wildman–Crippen MR) is 118 cm³/mol. The molecule has 0 saturated carbocycles. The van der Waals surface area contributed by atoms with E-state index in [0.717, 1.165) is 30.9 Å². The van der Waals surface area contributed by atoms with Crippen molar-refractivity contribution in [3.8, 4) is 0 Å². The molecule has 0 amide bonds. The minimum atomic E-state index is -0.627. The maximum Gasteiger partial charge on any atom is 0.191 e. The van der Waals surface area contributed by atoms with Crippen LogP contribution in [0.15, 0.2) is 59.9 Å². The molecule has 26 heavy (non-hydrogen) atoms. The van der Waals surface area contributed by atoms with Crippen LogP contribution in [0.2, 0.25) is 0 Å². The van der Waals surface area contributed by atoms with Gasteiger partial charge in [0.25, 0.3) is 0 Å². The molecule has 0 fully saturated rings. The first kappa shape index (κ1) is 22.4. The number of aliphatic hydroxyl groups is 1. The van der Waals surface area contributed by atoms with E-state index in [0.29, 0.717) is 6.54 Å². The van der Waals surface area contributed by atoms with Crippen LogP contribution in [0, 0.1) is 0 Å². The molecule has 0 aliphatic heterocycles. The first-order valence-corrected chi connectivity index (χ1v) is 8.85. The molecule has 2 unspecified atom stereocenters. The van der Waals surface area contributed by atoms with E-state index in [4.69, 9.17) is 0 Å². The van der Waals surface area contributed by atoms with Gasteiger partial charge in [0.05, 0.1) is 12.6 Å². The fraction of sp³-hybridized carbons (Fsp3) is 0.400. The second-order valence-electron chi connectivity index (χ2n) is 6.09. The summed E-state index contributed by atoms with van der Waals surface area (Å²) in [5, 5.41) is 16.9. The summed E-state index contributed by atoms with van der Waals surface area (Å²) in [7, 11) is 0. The van der Waals surface area contributed by atoms with E-state index in [9.17, 15) is 5.11 Å². The summed E-state index contributed by atoms with van der Waals surface area (Å²) in [4.78, 5) is 8.47. The van der Waals surface area contributed by atoms with Gasteiger partial charge in [0, 0.05) is 25.0 Å². The third-order valence-electron chi connectivity index (χ3n) is 3.95. The van der Waals surface area contributed by atoms with Gasteiger partial charge in [0.1, 0.15) is 0 Å². The van der Waals surface area contributed by atoms with Gasteiger partial charge in [-0.3, -0.25) is 9.98 Å². The highest BCUT2D eigenvalue weighted by Crippen LogP contribution is 2.11. The molecule has 0 saturated heterocycles. The Morgan fingerprint density at radius 1 is 1.15 bits per heavy atom. The van der Waals surface area contributed by atoms with Gasteiger partial charge in [-0.15, -0.1) is 24.0 Å². The molecule has 142 valence electrons. The van der Waals surface area contributed by atoms with Crippen molar-refractivity contribution < 1.29 is 5.11 Å². The van der Waals surface area contributed by atoms with Crippen LogP contribution in [-0.4, -0.2) is 35.2 Å². The summed E-state index contributed by atoms with van der Waals surface area (Å²) in [6.07, 6.45) is 4.77. The first-order chi connectivity index (χ1) is 12.2. The minimum absolute atomic E-state index is 0. The van der Waals surface area contributed by atoms with Crippen molar-refractivity contribution in [1.29, 1.82) is 0 Å².